The smallest absolute Gasteiger partial charge is 0.264 e. The summed E-state index contributed by atoms with van der Waals surface area (Å²) in [4.78, 5) is 28.6. The molecule has 43 heavy (non-hydrogen) atoms. The number of carbonyl (C=O) groups is 2. The zero-order chi connectivity index (χ0) is 31.7. The van der Waals surface area contributed by atoms with E-state index in [1.165, 1.54) is 37.3 Å². The molecule has 0 saturated heterocycles. The number of benzene rings is 3. The third-order valence-corrected chi connectivity index (χ3v) is 9.15. The van der Waals surface area contributed by atoms with Crippen LogP contribution in [0.1, 0.15) is 43.4 Å². The van der Waals surface area contributed by atoms with Crippen LogP contribution in [0.15, 0.2) is 65.6 Å². The van der Waals surface area contributed by atoms with Gasteiger partial charge in [0.1, 0.15) is 12.6 Å². The summed E-state index contributed by atoms with van der Waals surface area (Å²) in [7, 11) is -1.42. The van der Waals surface area contributed by atoms with E-state index in [1.54, 1.807) is 43.3 Å². The van der Waals surface area contributed by atoms with Gasteiger partial charge in [0.2, 0.25) is 11.8 Å². The fraction of sp³-hybridized carbons (Fsp3) is 0.375. The van der Waals surface area contributed by atoms with Crippen molar-refractivity contribution >= 4 is 39.1 Å². The molecule has 9 nitrogen and oxygen atoms in total. The van der Waals surface area contributed by atoms with Gasteiger partial charge in [0, 0.05) is 24.2 Å². The molecule has 0 fully saturated rings. The predicted octanol–water partition coefficient (Wildman–Crippen LogP) is 5.50. The normalized spacial score (nSPS) is 11.9. The second-order valence-corrected chi connectivity index (χ2v) is 12.6. The van der Waals surface area contributed by atoms with Crippen LogP contribution in [-0.2, 0) is 26.2 Å². The number of halogens is 1. The molecular weight excluding hydrogens is 590 g/mol. The van der Waals surface area contributed by atoms with E-state index in [4.69, 9.17) is 21.1 Å². The van der Waals surface area contributed by atoms with E-state index in [9.17, 15) is 18.0 Å². The average molecular weight is 630 g/mol. The van der Waals surface area contributed by atoms with Crippen molar-refractivity contribution in [2.24, 2.45) is 0 Å². The van der Waals surface area contributed by atoms with Gasteiger partial charge in [-0.25, -0.2) is 8.42 Å². The molecule has 0 aliphatic heterocycles. The predicted molar refractivity (Wildman–Crippen MR) is 169 cm³/mol. The molecule has 3 aromatic carbocycles. The summed E-state index contributed by atoms with van der Waals surface area (Å²) in [5.74, 6) is -0.312. The fourth-order valence-corrected chi connectivity index (χ4v) is 6.27. The molecule has 3 rings (SSSR count). The van der Waals surface area contributed by atoms with Crippen LogP contribution < -0.4 is 19.1 Å². The largest absolute Gasteiger partial charge is 0.493 e. The van der Waals surface area contributed by atoms with Gasteiger partial charge in [-0.05, 0) is 74.2 Å². The number of amides is 2. The number of aryl methyl sites for hydroxylation is 2. The lowest BCUT2D eigenvalue weighted by Gasteiger charge is -2.32. The van der Waals surface area contributed by atoms with Gasteiger partial charge in [-0.1, -0.05) is 49.2 Å². The minimum atomic E-state index is -4.29. The second kappa shape index (κ2) is 15.1. The van der Waals surface area contributed by atoms with Crippen molar-refractivity contribution in [3.63, 3.8) is 0 Å². The third kappa shape index (κ3) is 8.42. The molecule has 3 aromatic rings. The Labute approximate surface area is 259 Å². The number of carbonyl (C=O) groups excluding carboxylic acids is 2. The SMILES string of the molecule is CCCCNC(=O)[C@@H](C)N(Cc1ccccc1Cl)C(=O)CN(c1cc(C)cc(C)c1)S(=O)(=O)c1ccc(OC)c(OC)c1. The lowest BCUT2D eigenvalue weighted by molar-refractivity contribution is -0.139. The summed E-state index contributed by atoms with van der Waals surface area (Å²) in [6.07, 6.45) is 1.69. The summed E-state index contributed by atoms with van der Waals surface area (Å²) < 4.78 is 40.2. The summed E-state index contributed by atoms with van der Waals surface area (Å²) >= 11 is 6.44. The Morgan fingerprint density at radius 3 is 2.21 bits per heavy atom. The number of methoxy groups -OCH3 is 2. The maximum atomic E-state index is 14.2. The molecule has 0 radical (unpaired) electrons. The highest BCUT2D eigenvalue weighted by Crippen LogP contribution is 2.33. The van der Waals surface area contributed by atoms with Crippen LogP contribution in [0.5, 0.6) is 11.5 Å². The van der Waals surface area contributed by atoms with E-state index in [1.807, 2.05) is 26.8 Å². The van der Waals surface area contributed by atoms with Crippen LogP contribution in [0.2, 0.25) is 5.02 Å². The van der Waals surface area contributed by atoms with Gasteiger partial charge >= 0.3 is 0 Å². The van der Waals surface area contributed by atoms with E-state index in [2.05, 4.69) is 5.32 Å². The zero-order valence-corrected chi connectivity index (χ0v) is 27.1. The minimum Gasteiger partial charge on any atom is -0.493 e. The Morgan fingerprint density at radius 1 is 0.953 bits per heavy atom. The Morgan fingerprint density at radius 2 is 1.60 bits per heavy atom. The van der Waals surface area contributed by atoms with Crippen LogP contribution in [-0.4, -0.2) is 58.5 Å². The number of nitrogens with one attached hydrogen (secondary N) is 1. The van der Waals surface area contributed by atoms with E-state index >= 15 is 0 Å². The molecule has 0 heterocycles. The van der Waals surface area contributed by atoms with E-state index < -0.39 is 28.5 Å². The number of nitrogens with zero attached hydrogens (tertiary/aromatic N) is 2. The summed E-state index contributed by atoms with van der Waals surface area (Å²) in [5, 5.41) is 3.31. The zero-order valence-electron chi connectivity index (χ0n) is 25.5. The van der Waals surface area contributed by atoms with Gasteiger partial charge < -0.3 is 19.7 Å². The van der Waals surface area contributed by atoms with E-state index in [0.29, 0.717) is 28.6 Å². The molecule has 2 amide bonds. The highest BCUT2D eigenvalue weighted by Gasteiger charge is 2.33. The molecule has 0 aromatic heterocycles. The van der Waals surface area contributed by atoms with Crippen molar-refractivity contribution in [2.45, 2.75) is 58.0 Å². The van der Waals surface area contributed by atoms with Crippen LogP contribution in [0.25, 0.3) is 0 Å². The van der Waals surface area contributed by atoms with E-state index in [0.717, 1.165) is 28.3 Å². The molecule has 0 aliphatic rings. The van der Waals surface area contributed by atoms with Gasteiger partial charge in [0.25, 0.3) is 10.0 Å². The van der Waals surface area contributed by atoms with Crippen LogP contribution in [0.4, 0.5) is 5.69 Å². The third-order valence-electron chi connectivity index (χ3n) is 7.01. The quantitative estimate of drug-likeness (QED) is 0.236. The fourth-order valence-electron chi connectivity index (χ4n) is 4.66. The van der Waals surface area contributed by atoms with Gasteiger partial charge in [-0.15, -0.1) is 0 Å². The highest BCUT2D eigenvalue weighted by atomic mass is 35.5. The molecule has 1 atom stereocenters. The number of ether oxygens (including phenoxy) is 2. The van der Waals surface area contributed by atoms with Gasteiger partial charge in [0.15, 0.2) is 11.5 Å². The van der Waals surface area contributed by atoms with Crippen molar-refractivity contribution in [3.05, 3.63) is 82.4 Å². The number of hydrogen-bond acceptors (Lipinski definition) is 6. The standard InChI is InChI=1S/C32H40ClN3O6S/c1-7-8-15-34-32(38)24(4)35(20-25-11-9-10-12-28(25)33)31(37)21-36(26-17-22(2)16-23(3)18-26)43(39,40)27-13-14-29(41-5)30(19-27)42-6/h9-14,16-19,24H,7-8,15,20-21H2,1-6H3,(H,34,38)/t24-/m1/s1. The van der Waals surface area contributed by atoms with Crippen molar-refractivity contribution in [1.82, 2.24) is 10.2 Å². The molecular formula is C32H40ClN3O6S. The Balaban J connectivity index is 2.09. The van der Waals surface area contributed by atoms with E-state index in [-0.39, 0.29) is 23.1 Å². The van der Waals surface area contributed by atoms with Crippen molar-refractivity contribution in [3.8, 4) is 11.5 Å². The highest BCUT2D eigenvalue weighted by molar-refractivity contribution is 7.92. The summed E-state index contributed by atoms with van der Waals surface area (Å²) in [6.45, 7) is 7.27. The summed E-state index contributed by atoms with van der Waals surface area (Å²) in [6, 6.07) is 15.7. The summed E-state index contributed by atoms with van der Waals surface area (Å²) in [5.41, 5.74) is 2.60. The van der Waals surface area contributed by atoms with Gasteiger partial charge in [-0.3, -0.25) is 13.9 Å². The van der Waals surface area contributed by atoms with Crippen LogP contribution in [0, 0.1) is 13.8 Å². The Bertz CT molecular complexity index is 1530. The van der Waals surface area contributed by atoms with Gasteiger partial charge in [0.05, 0.1) is 24.8 Å². The molecule has 0 unspecified atom stereocenters. The van der Waals surface area contributed by atoms with Crippen molar-refractivity contribution in [2.75, 3.05) is 31.6 Å². The minimum absolute atomic E-state index is 0.0119. The topological polar surface area (TPSA) is 105 Å². The molecule has 0 aliphatic carbocycles. The first-order chi connectivity index (χ1) is 20.4. The molecule has 0 spiro atoms. The molecule has 1 N–H and O–H groups in total. The van der Waals surface area contributed by atoms with Gasteiger partial charge in [-0.2, -0.15) is 0 Å². The number of rotatable bonds is 14. The Hall–Kier alpha value is -3.76. The maximum Gasteiger partial charge on any atom is 0.264 e. The number of anilines is 1. The van der Waals surface area contributed by atoms with Crippen LogP contribution in [0.3, 0.4) is 0 Å². The lowest BCUT2D eigenvalue weighted by atomic mass is 10.1. The second-order valence-electron chi connectivity index (χ2n) is 10.3. The lowest BCUT2D eigenvalue weighted by Crippen LogP contribution is -2.51. The number of hydrogen-bond donors (Lipinski definition) is 1. The first-order valence-electron chi connectivity index (χ1n) is 14.1. The first-order valence-corrected chi connectivity index (χ1v) is 15.9. The first kappa shape index (κ1) is 33.7. The Kier molecular flexibility index (Phi) is 11.9. The molecule has 11 heteroatoms. The maximum absolute atomic E-state index is 14.2. The number of sulfonamides is 1. The number of unbranched alkanes of at least 4 members (excludes halogenated alkanes) is 1. The van der Waals surface area contributed by atoms with Crippen molar-refractivity contribution in [1.29, 1.82) is 0 Å². The molecule has 0 bridgehead atoms. The molecule has 232 valence electrons. The van der Waals surface area contributed by atoms with Crippen molar-refractivity contribution < 1.29 is 27.5 Å². The monoisotopic (exact) mass is 629 g/mol. The van der Waals surface area contributed by atoms with Crippen LogP contribution >= 0.6 is 11.6 Å². The average Bonchev–Trinajstić information content (AvgIpc) is 2.98. The molecule has 0 saturated carbocycles.